The van der Waals surface area contributed by atoms with Gasteiger partial charge in [0.05, 0.1) is 11.1 Å². The SMILES string of the molecule is CCOC1CC(NS(=O)(=O)c2cc(CN)ccc2Cl)C1. The molecule has 1 aliphatic carbocycles. The zero-order chi connectivity index (χ0) is 14.8. The van der Waals surface area contributed by atoms with Gasteiger partial charge in [0.25, 0.3) is 0 Å². The van der Waals surface area contributed by atoms with Crippen LogP contribution in [-0.2, 0) is 21.3 Å². The second kappa shape index (κ2) is 6.41. The third-order valence-corrected chi connectivity index (χ3v) is 5.34. The molecule has 0 amide bonds. The van der Waals surface area contributed by atoms with Gasteiger partial charge in [0.15, 0.2) is 0 Å². The Morgan fingerprint density at radius 3 is 2.75 bits per heavy atom. The highest BCUT2D eigenvalue weighted by Gasteiger charge is 2.33. The minimum absolute atomic E-state index is 0.0852. The molecular weight excluding hydrogens is 300 g/mol. The first-order valence-corrected chi connectivity index (χ1v) is 8.44. The van der Waals surface area contributed by atoms with Crippen molar-refractivity contribution in [1.82, 2.24) is 4.72 Å². The van der Waals surface area contributed by atoms with E-state index in [0.29, 0.717) is 19.4 Å². The molecule has 0 unspecified atom stereocenters. The van der Waals surface area contributed by atoms with Gasteiger partial charge in [0, 0.05) is 19.2 Å². The van der Waals surface area contributed by atoms with Crippen molar-refractivity contribution in [2.24, 2.45) is 5.73 Å². The Labute approximate surface area is 124 Å². The summed E-state index contributed by atoms with van der Waals surface area (Å²) in [5.41, 5.74) is 6.26. The third kappa shape index (κ3) is 3.51. The van der Waals surface area contributed by atoms with Gasteiger partial charge in [-0.25, -0.2) is 13.1 Å². The highest BCUT2D eigenvalue weighted by Crippen LogP contribution is 2.27. The van der Waals surface area contributed by atoms with Crippen LogP contribution in [-0.4, -0.2) is 27.2 Å². The molecule has 0 heterocycles. The van der Waals surface area contributed by atoms with Gasteiger partial charge in [-0.1, -0.05) is 17.7 Å². The van der Waals surface area contributed by atoms with Crippen molar-refractivity contribution in [3.63, 3.8) is 0 Å². The van der Waals surface area contributed by atoms with E-state index in [2.05, 4.69) is 4.72 Å². The van der Waals surface area contributed by atoms with Crippen LogP contribution < -0.4 is 10.5 Å². The van der Waals surface area contributed by atoms with Crippen molar-refractivity contribution >= 4 is 21.6 Å². The van der Waals surface area contributed by atoms with Crippen molar-refractivity contribution in [3.05, 3.63) is 28.8 Å². The summed E-state index contributed by atoms with van der Waals surface area (Å²) in [6.45, 7) is 2.85. The second-order valence-corrected chi connectivity index (χ2v) is 6.93. The molecule has 1 fully saturated rings. The van der Waals surface area contributed by atoms with Gasteiger partial charge in [-0.05, 0) is 37.5 Å². The number of nitrogens with one attached hydrogen (secondary N) is 1. The van der Waals surface area contributed by atoms with E-state index in [9.17, 15) is 8.42 Å². The maximum absolute atomic E-state index is 12.3. The fraction of sp³-hybridized carbons (Fsp3) is 0.538. The summed E-state index contributed by atoms with van der Waals surface area (Å²) in [6, 6.07) is 4.70. The Balaban J connectivity index is 2.08. The molecule has 7 heteroatoms. The molecule has 0 atom stereocenters. The van der Waals surface area contributed by atoms with Crippen molar-refractivity contribution < 1.29 is 13.2 Å². The van der Waals surface area contributed by atoms with Gasteiger partial charge in [-0.2, -0.15) is 0 Å². The number of nitrogens with two attached hydrogens (primary N) is 1. The first-order valence-electron chi connectivity index (χ1n) is 6.58. The van der Waals surface area contributed by atoms with E-state index < -0.39 is 10.0 Å². The Kier molecular flexibility index (Phi) is 5.04. The lowest BCUT2D eigenvalue weighted by atomic mass is 9.90. The van der Waals surface area contributed by atoms with E-state index >= 15 is 0 Å². The smallest absolute Gasteiger partial charge is 0.242 e. The van der Waals surface area contributed by atoms with Gasteiger partial charge < -0.3 is 10.5 Å². The normalized spacial score (nSPS) is 22.6. The zero-order valence-electron chi connectivity index (χ0n) is 11.3. The number of rotatable bonds is 6. The van der Waals surface area contributed by atoms with Crippen molar-refractivity contribution in [2.45, 2.75) is 43.4 Å². The van der Waals surface area contributed by atoms with Crippen LogP contribution in [0.2, 0.25) is 5.02 Å². The molecule has 112 valence electrons. The average Bonchev–Trinajstić information content (AvgIpc) is 2.36. The number of benzene rings is 1. The number of sulfonamides is 1. The molecule has 0 bridgehead atoms. The molecule has 2 rings (SSSR count). The summed E-state index contributed by atoms with van der Waals surface area (Å²) >= 11 is 5.98. The highest BCUT2D eigenvalue weighted by molar-refractivity contribution is 7.89. The molecule has 0 aromatic heterocycles. The molecule has 5 nitrogen and oxygen atoms in total. The molecule has 0 radical (unpaired) electrons. The predicted octanol–water partition coefficient (Wildman–Crippen LogP) is 1.64. The van der Waals surface area contributed by atoms with E-state index in [1.807, 2.05) is 6.92 Å². The summed E-state index contributed by atoms with van der Waals surface area (Å²) in [4.78, 5) is 0.0852. The maximum atomic E-state index is 12.3. The van der Waals surface area contributed by atoms with Crippen molar-refractivity contribution in [2.75, 3.05) is 6.61 Å². The molecular formula is C13H19ClN2O3S. The number of hydrogen-bond acceptors (Lipinski definition) is 4. The minimum atomic E-state index is -3.62. The summed E-state index contributed by atoms with van der Waals surface area (Å²) in [5, 5.41) is 0.204. The van der Waals surface area contributed by atoms with Crippen LogP contribution in [0.1, 0.15) is 25.3 Å². The Bertz CT molecular complexity index is 571. The lowest BCUT2D eigenvalue weighted by Crippen LogP contribution is -2.47. The quantitative estimate of drug-likeness (QED) is 0.835. The van der Waals surface area contributed by atoms with Gasteiger partial charge in [0.2, 0.25) is 10.0 Å². The van der Waals surface area contributed by atoms with Crippen LogP contribution >= 0.6 is 11.6 Å². The lowest BCUT2D eigenvalue weighted by molar-refractivity contribution is -0.00475. The zero-order valence-corrected chi connectivity index (χ0v) is 12.9. The van der Waals surface area contributed by atoms with E-state index in [0.717, 1.165) is 5.56 Å². The molecule has 3 N–H and O–H groups in total. The number of halogens is 1. The van der Waals surface area contributed by atoms with Crippen LogP contribution in [0.25, 0.3) is 0 Å². The fourth-order valence-corrected chi connectivity index (χ4v) is 4.01. The first-order chi connectivity index (χ1) is 9.46. The van der Waals surface area contributed by atoms with Crippen LogP contribution in [0.3, 0.4) is 0 Å². The fourth-order valence-electron chi connectivity index (χ4n) is 2.20. The van der Waals surface area contributed by atoms with E-state index in [-0.39, 0.29) is 28.6 Å². The van der Waals surface area contributed by atoms with Crippen LogP contribution in [0.5, 0.6) is 0 Å². The summed E-state index contributed by atoms with van der Waals surface area (Å²) in [5.74, 6) is 0. The maximum Gasteiger partial charge on any atom is 0.242 e. The molecule has 1 aliphatic rings. The molecule has 1 aromatic carbocycles. The van der Waals surface area contributed by atoms with Crippen LogP contribution in [0.15, 0.2) is 23.1 Å². The third-order valence-electron chi connectivity index (χ3n) is 3.34. The number of hydrogen-bond donors (Lipinski definition) is 2. The second-order valence-electron chi connectivity index (χ2n) is 4.84. The first kappa shape index (κ1) is 15.7. The summed E-state index contributed by atoms with van der Waals surface area (Å²) < 4.78 is 32.7. The molecule has 0 saturated heterocycles. The molecule has 1 aromatic rings. The predicted molar refractivity (Wildman–Crippen MR) is 78.1 cm³/mol. The summed E-state index contributed by atoms with van der Waals surface area (Å²) in [7, 11) is -3.62. The van der Waals surface area contributed by atoms with Gasteiger partial charge in [-0.3, -0.25) is 0 Å². The Morgan fingerprint density at radius 1 is 1.45 bits per heavy atom. The van der Waals surface area contributed by atoms with E-state index in [1.165, 1.54) is 6.07 Å². The Morgan fingerprint density at radius 2 is 2.15 bits per heavy atom. The monoisotopic (exact) mass is 318 g/mol. The Hall–Kier alpha value is -0.660. The molecule has 0 spiro atoms. The van der Waals surface area contributed by atoms with Crippen LogP contribution in [0.4, 0.5) is 0 Å². The van der Waals surface area contributed by atoms with Gasteiger partial charge in [-0.15, -0.1) is 0 Å². The van der Waals surface area contributed by atoms with Crippen molar-refractivity contribution in [3.8, 4) is 0 Å². The van der Waals surface area contributed by atoms with Gasteiger partial charge in [0.1, 0.15) is 4.90 Å². The van der Waals surface area contributed by atoms with Crippen LogP contribution in [0, 0.1) is 0 Å². The standard InChI is InChI=1S/C13H19ClN2O3S/c1-2-19-11-6-10(7-11)16-20(17,18)13-5-9(8-15)3-4-12(13)14/h3-5,10-11,16H,2,6-8,15H2,1H3. The van der Waals surface area contributed by atoms with E-state index in [4.69, 9.17) is 22.1 Å². The highest BCUT2D eigenvalue weighted by atomic mass is 35.5. The topological polar surface area (TPSA) is 81.4 Å². The number of ether oxygens (including phenoxy) is 1. The molecule has 0 aliphatic heterocycles. The van der Waals surface area contributed by atoms with Gasteiger partial charge >= 0.3 is 0 Å². The van der Waals surface area contributed by atoms with E-state index in [1.54, 1.807) is 12.1 Å². The molecule has 20 heavy (non-hydrogen) atoms. The lowest BCUT2D eigenvalue weighted by Gasteiger charge is -2.35. The average molecular weight is 319 g/mol. The largest absolute Gasteiger partial charge is 0.378 e. The van der Waals surface area contributed by atoms with Crippen molar-refractivity contribution in [1.29, 1.82) is 0 Å². The summed E-state index contributed by atoms with van der Waals surface area (Å²) in [6.07, 6.45) is 1.54. The minimum Gasteiger partial charge on any atom is -0.378 e. The molecule has 1 saturated carbocycles.